The number of benzene rings is 1. The van der Waals surface area contributed by atoms with Crippen molar-refractivity contribution in [3.63, 3.8) is 0 Å². The molecule has 0 aliphatic carbocycles. The van der Waals surface area contributed by atoms with Gasteiger partial charge in [0.15, 0.2) is 0 Å². The van der Waals surface area contributed by atoms with E-state index in [1.807, 2.05) is 6.92 Å². The highest BCUT2D eigenvalue weighted by Gasteiger charge is 2.08. The van der Waals surface area contributed by atoms with E-state index in [0.29, 0.717) is 28.2 Å². The molecule has 0 unspecified atom stereocenters. The molecular formula is C10H12Cl2O2. The van der Waals surface area contributed by atoms with E-state index in [1.54, 1.807) is 19.2 Å². The summed E-state index contributed by atoms with van der Waals surface area (Å²) in [7, 11) is 1.55. The van der Waals surface area contributed by atoms with Crippen molar-refractivity contribution in [3.8, 4) is 11.5 Å². The second-order valence-electron chi connectivity index (χ2n) is 2.77. The first kappa shape index (κ1) is 11.5. The quantitative estimate of drug-likeness (QED) is 0.790. The van der Waals surface area contributed by atoms with E-state index in [2.05, 4.69) is 0 Å². The van der Waals surface area contributed by atoms with Crippen molar-refractivity contribution in [1.29, 1.82) is 0 Å². The molecule has 0 atom stereocenters. The molecular weight excluding hydrogens is 223 g/mol. The predicted octanol–water partition coefficient (Wildman–Crippen LogP) is 3.79. The van der Waals surface area contributed by atoms with E-state index in [0.717, 1.165) is 6.42 Å². The van der Waals surface area contributed by atoms with Crippen molar-refractivity contribution in [3.05, 3.63) is 22.2 Å². The molecule has 0 spiro atoms. The van der Waals surface area contributed by atoms with Crippen LogP contribution < -0.4 is 9.47 Å². The van der Waals surface area contributed by atoms with Gasteiger partial charge in [0.2, 0.25) is 0 Å². The van der Waals surface area contributed by atoms with Gasteiger partial charge in [-0.25, -0.2) is 0 Å². The molecule has 4 heteroatoms. The molecule has 2 nitrogen and oxygen atoms in total. The van der Waals surface area contributed by atoms with Crippen LogP contribution in [0.3, 0.4) is 0 Å². The summed E-state index contributed by atoms with van der Waals surface area (Å²) >= 11 is 11.8. The first-order valence-electron chi connectivity index (χ1n) is 4.34. The van der Waals surface area contributed by atoms with Crippen molar-refractivity contribution < 1.29 is 9.47 Å². The van der Waals surface area contributed by atoms with Gasteiger partial charge >= 0.3 is 0 Å². The van der Waals surface area contributed by atoms with E-state index < -0.39 is 0 Å². The van der Waals surface area contributed by atoms with Gasteiger partial charge in [-0.05, 0) is 12.5 Å². The molecule has 1 rings (SSSR count). The summed E-state index contributed by atoms with van der Waals surface area (Å²) in [6.07, 6.45) is 0.932. The van der Waals surface area contributed by atoms with Gasteiger partial charge in [-0.3, -0.25) is 0 Å². The molecule has 78 valence electrons. The van der Waals surface area contributed by atoms with Crippen molar-refractivity contribution in [2.75, 3.05) is 13.7 Å². The number of halogens is 2. The van der Waals surface area contributed by atoms with Crippen LogP contribution in [0, 0.1) is 0 Å². The van der Waals surface area contributed by atoms with Crippen LogP contribution in [-0.2, 0) is 0 Å². The Morgan fingerprint density at radius 2 is 1.79 bits per heavy atom. The second-order valence-corrected chi connectivity index (χ2v) is 3.58. The number of ether oxygens (including phenoxy) is 2. The highest BCUT2D eigenvalue weighted by molar-refractivity contribution is 6.36. The molecule has 0 saturated carbocycles. The highest BCUT2D eigenvalue weighted by atomic mass is 35.5. The van der Waals surface area contributed by atoms with Crippen molar-refractivity contribution in [2.45, 2.75) is 13.3 Å². The van der Waals surface area contributed by atoms with E-state index >= 15 is 0 Å². The third-order valence-electron chi connectivity index (χ3n) is 1.67. The maximum absolute atomic E-state index is 5.93. The molecule has 0 aliphatic heterocycles. The van der Waals surface area contributed by atoms with Gasteiger partial charge in [0, 0.05) is 6.07 Å². The Morgan fingerprint density at radius 1 is 1.14 bits per heavy atom. The zero-order valence-corrected chi connectivity index (χ0v) is 9.65. The molecule has 0 saturated heterocycles. The molecule has 0 N–H and O–H groups in total. The van der Waals surface area contributed by atoms with E-state index in [-0.39, 0.29) is 0 Å². The van der Waals surface area contributed by atoms with Gasteiger partial charge in [-0.2, -0.15) is 0 Å². The number of hydrogen-bond donors (Lipinski definition) is 0. The van der Waals surface area contributed by atoms with Gasteiger partial charge in [0.05, 0.1) is 23.8 Å². The molecule has 0 heterocycles. The first-order valence-corrected chi connectivity index (χ1v) is 5.10. The van der Waals surface area contributed by atoms with Gasteiger partial charge in [0.1, 0.15) is 11.5 Å². The molecule has 0 radical (unpaired) electrons. The maximum Gasteiger partial charge on any atom is 0.141 e. The summed E-state index contributed by atoms with van der Waals surface area (Å²) in [5.74, 6) is 1.18. The smallest absolute Gasteiger partial charge is 0.141 e. The van der Waals surface area contributed by atoms with Crippen molar-refractivity contribution in [2.24, 2.45) is 0 Å². The summed E-state index contributed by atoms with van der Waals surface area (Å²) in [5.41, 5.74) is 0. The zero-order valence-electron chi connectivity index (χ0n) is 8.14. The highest BCUT2D eigenvalue weighted by Crippen LogP contribution is 2.35. The van der Waals surface area contributed by atoms with Gasteiger partial charge in [0.25, 0.3) is 0 Å². The predicted molar refractivity (Wildman–Crippen MR) is 58.8 cm³/mol. The van der Waals surface area contributed by atoms with Crippen LogP contribution in [0.1, 0.15) is 13.3 Å². The Balaban J connectivity index is 2.92. The monoisotopic (exact) mass is 234 g/mol. The normalized spacial score (nSPS) is 10.0. The van der Waals surface area contributed by atoms with Crippen molar-refractivity contribution in [1.82, 2.24) is 0 Å². The van der Waals surface area contributed by atoms with Crippen molar-refractivity contribution >= 4 is 23.2 Å². The topological polar surface area (TPSA) is 18.5 Å². The molecule has 0 aliphatic rings. The van der Waals surface area contributed by atoms with Crippen LogP contribution >= 0.6 is 23.2 Å². The average Bonchev–Trinajstić information content (AvgIpc) is 2.17. The Labute approximate surface area is 93.7 Å². The minimum atomic E-state index is 0.487. The molecule has 0 aromatic heterocycles. The van der Waals surface area contributed by atoms with Crippen LogP contribution in [0.2, 0.25) is 10.0 Å². The largest absolute Gasteiger partial charge is 0.495 e. The lowest BCUT2D eigenvalue weighted by atomic mass is 10.3. The molecule has 14 heavy (non-hydrogen) atoms. The minimum absolute atomic E-state index is 0.487. The fourth-order valence-corrected chi connectivity index (χ4v) is 1.50. The molecule has 0 bridgehead atoms. The number of hydrogen-bond acceptors (Lipinski definition) is 2. The van der Waals surface area contributed by atoms with E-state index in [4.69, 9.17) is 32.7 Å². The molecule has 1 aromatic carbocycles. The van der Waals surface area contributed by atoms with E-state index in [1.165, 1.54) is 0 Å². The summed E-state index contributed by atoms with van der Waals surface area (Å²) in [5, 5.41) is 0.991. The van der Waals surface area contributed by atoms with Crippen LogP contribution in [0.4, 0.5) is 0 Å². The third-order valence-corrected chi connectivity index (χ3v) is 2.26. The van der Waals surface area contributed by atoms with Crippen LogP contribution in [-0.4, -0.2) is 13.7 Å². The third kappa shape index (κ3) is 2.69. The second kappa shape index (κ2) is 5.32. The summed E-state index contributed by atoms with van der Waals surface area (Å²) in [6, 6.07) is 3.31. The van der Waals surface area contributed by atoms with Gasteiger partial charge < -0.3 is 9.47 Å². The summed E-state index contributed by atoms with van der Waals surface area (Å²) in [6.45, 7) is 2.66. The minimum Gasteiger partial charge on any atom is -0.495 e. The lowest BCUT2D eigenvalue weighted by Gasteiger charge is -2.09. The Morgan fingerprint density at radius 3 is 2.36 bits per heavy atom. The Hall–Kier alpha value is -0.600. The van der Waals surface area contributed by atoms with Gasteiger partial charge in [-0.1, -0.05) is 30.1 Å². The summed E-state index contributed by atoms with van der Waals surface area (Å²) < 4.78 is 10.5. The number of methoxy groups -OCH3 is 1. The number of rotatable bonds is 4. The summed E-state index contributed by atoms with van der Waals surface area (Å²) in [4.78, 5) is 0. The lowest BCUT2D eigenvalue weighted by molar-refractivity contribution is 0.315. The Bertz CT molecular complexity index is 313. The maximum atomic E-state index is 5.93. The van der Waals surface area contributed by atoms with Crippen LogP contribution in [0.25, 0.3) is 0 Å². The Kier molecular flexibility index (Phi) is 4.36. The SMILES string of the molecule is CCCOc1cc(OC)c(Cl)cc1Cl. The lowest BCUT2D eigenvalue weighted by Crippen LogP contribution is -1.96. The van der Waals surface area contributed by atoms with Crippen LogP contribution in [0.15, 0.2) is 12.1 Å². The van der Waals surface area contributed by atoms with Gasteiger partial charge in [-0.15, -0.1) is 0 Å². The first-order chi connectivity index (χ1) is 6.69. The molecule has 0 amide bonds. The molecule has 0 fully saturated rings. The average molecular weight is 235 g/mol. The fourth-order valence-electron chi connectivity index (χ4n) is 0.990. The standard InChI is InChI=1S/C10H12Cl2O2/c1-3-4-14-10-6-9(13-2)7(11)5-8(10)12/h5-6H,3-4H2,1-2H3. The fraction of sp³-hybridized carbons (Fsp3) is 0.400. The molecule has 1 aromatic rings. The zero-order chi connectivity index (χ0) is 10.6. The van der Waals surface area contributed by atoms with Crippen LogP contribution in [0.5, 0.6) is 11.5 Å². The van der Waals surface area contributed by atoms with E-state index in [9.17, 15) is 0 Å².